The highest BCUT2D eigenvalue weighted by atomic mass is 32.2. The molecule has 0 aliphatic heterocycles. The number of carbonyl (C=O) groups excluding carboxylic acids is 1. The summed E-state index contributed by atoms with van der Waals surface area (Å²) >= 11 is 1.47. The average molecular weight is 366 g/mol. The Morgan fingerprint density at radius 1 is 1.42 bits per heavy atom. The summed E-state index contributed by atoms with van der Waals surface area (Å²) in [5.41, 5.74) is 3.89. The minimum atomic E-state index is 0.0236. The Balaban J connectivity index is 1.96. The topological polar surface area (TPSA) is 70.2 Å². The van der Waals surface area contributed by atoms with Gasteiger partial charge in [0.1, 0.15) is 6.07 Å². The van der Waals surface area contributed by atoms with E-state index in [1.165, 1.54) is 11.8 Å². The quantitative estimate of drug-likeness (QED) is 0.668. The van der Waals surface area contributed by atoms with Crippen LogP contribution in [-0.2, 0) is 4.79 Å². The number of aryl methyl sites for hydroxylation is 1. The number of nitriles is 1. The number of hydrogen-bond donors (Lipinski definition) is 1. The molecule has 26 heavy (non-hydrogen) atoms. The molecule has 0 saturated heterocycles. The Bertz CT molecular complexity index is 1000. The zero-order valence-corrected chi connectivity index (χ0v) is 16.1. The maximum atomic E-state index is 12.2. The normalized spacial score (nSPS) is 12.2. The number of amides is 1. The fourth-order valence-corrected chi connectivity index (χ4v) is 4.06. The van der Waals surface area contributed by atoms with Gasteiger partial charge in [0.15, 0.2) is 5.65 Å². The number of benzene rings is 1. The lowest BCUT2D eigenvalue weighted by Crippen LogP contribution is -2.33. The van der Waals surface area contributed by atoms with Gasteiger partial charge in [-0.05, 0) is 44.0 Å². The van der Waals surface area contributed by atoms with Gasteiger partial charge in [0.2, 0.25) is 5.91 Å². The summed E-state index contributed by atoms with van der Waals surface area (Å²) in [6.07, 6.45) is 2.02. The number of aromatic nitrogens is 2. The van der Waals surface area contributed by atoms with E-state index in [-0.39, 0.29) is 11.9 Å². The van der Waals surface area contributed by atoms with Gasteiger partial charge in [-0.25, -0.2) is 4.98 Å². The predicted octanol–water partition coefficient (Wildman–Crippen LogP) is 4.06. The third-order valence-electron chi connectivity index (χ3n) is 4.33. The zero-order valence-electron chi connectivity index (χ0n) is 15.2. The van der Waals surface area contributed by atoms with Gasteiger partial charge in [0.05, 0.1) is 27.4 Å². The van der Waals surface area contributed by atoms with Crippen molar-refractivity contribution in [3.63, 3.8) is 0 Å². The first-order valence-corrected chi connectivity index (χ1v) is 9.76. The van der Waals surface area contributed by atoms with Crippen LogP contribution in [0.4, 0.5) is 0 Å². The van der Waals surface area contributed by atoms with Crippen LogP contribution < -0.4 is 5.32 Å². The minimum absolute atomic E-state index is 0.0236. The lowest BCUT2D eigenvalue weighted by atomic mass is 10.2. The largest absolute Gasteiger partial charge is 0.353 e. The van der Waals surface area contributed by atoms with E-state index in [0.717, 1.165) is 34.5 Å². The number of rotatable bonds is 6. The molecule has 0 unspecified atom stereocenters. The van der Waals surface area contributed by atoms with Crippen molar-refractivity contribution in [2.75, 3.05) is 5.75 Å². The molecule has 0 aliphatic rings. The van der Waals surface area contributed by atoms with Crippen molar-refractivity contribution >= 4 is 34.3 Å². The van der Waals surface area contributed by atoms with E-state index >= 15 is 0 Å². The van der Waals surface area contributed by atoms with Crippen molar-refractivity contribution in [2.24, 2.45) is 0 Å². The maximum absolute atomic E-state index is 12.2. The van der Waals surface area contributed by atoms with E-state index in [0.29, 0.717) is 17.0 Å². The summed E-state index contributed by atoms with van der Waals surface area (Å²) in [6.45, 7) is 6.04. The first kappa shape index (κ1) is 18.3. The molecule has 6 heteroatoms. The van der Waals surface area contributed by atoms with Crippen LogP contribution in [0.5, 0.6) is 0 Å². The molecule has 0 bridgehead atoms. The fourth-order valence-electron chi connectivity index (χ4n) is 3.12. The lowest BCUT2D eigenvalue weighted by molar-refractivity contribution is -0.119. The Labute approximate surface area is 157 Å². The third-order valence-corrected chi connectivity index (χ3v) is 5.33. The zero-order chi connectivity index (χ0) is 18.7. The molecule has 1 atom stereocenters. The summed E-state index contributed by atoms with van der Waals surface area (Å²) < 4.78 is 1.98. The van der Waals surface area contributed by atoms with E-state index in [9.17, 15) is 10.1 Å². The predicted molar refractivity (Wildman–Crippen MR) is 105 cm³/mol. The highest BCUT2D eigenvalue weighted by Gasteiger charge is 2.16. The van der Waals surface area contributed by atoms with E-state index in [4.69, 9.17) is 0 Å². The number of pyridine rings is 1. The van der Waals surface area contributed by atoms with Gasteiger partial charge in [0, 0.05) is 6.04 Å². The van der Waals surface area contributed by atoms with Crippen LogP contribution in [0.2, 0.25) is 0 Å². The van der Waals surface area contributed by atoms with Crippen molar-refractivity contribution in [3.8, 4) is 6.07 Å². The van der Waals surface area contributed by atoms with Crippen LogP contribution >= 0.6 is 11.8 Å². The molecule has 0 saturated carbocycles. The van der Waals surface area contributed by atoms with Gasteiger partial charge in [-0.1, -0.05) is 37.2 Å². The molecular weight excluding hydrogens is 344 g/mol. The third kappa shape index (κ3) is 3.54. The number of hydrogen-bond acceptors (Lipinski definition) is 4. The molecule has 1 N–H and O–H groups in total. The fraction of sp³-hybridized carbons (Fsp3) is 0.350. The smallest absolute Gasteiger partial charge is 0.230 e. The number of nitrogens with one attached hydrogen (secondary N) is 1. The molecule has 0 fully saturated rings. The van der Waals surface area contributed by atoms with Gasteiger partial charge in [-0.3, -0.25) is 9.20 Å². The number of thioether (sulfide) groups is 1. The average Bonchev–Trinajstić information content (AvgIpc) is 2.99. The number of nitrogens with zero attached hydrogens (tertiary/aromatic N) is 3. The molecule has 134 valence electrons. The van der Waals surface area contributed by atoms with E-state index in [1.807, 2.05) is 48.6 Å². The van der Waals surface area contributed by atoms with Gasteiger partial charge >= 0.3 is 0 Å². The number of imidazole rings is 1. The second kappa shape index (κ2) is 7.79. The van der Waals surface area contributed by atoms with Crippen molar-refractivity contribution in [1.82, 2.24) is 14.7 Å². The standard InChI is InChI=1S/C20H22N4OS/c1-4-7-14(3)22-18(25)12-26-19-10-13(2)15(11-21)20-23-16-8-5-6-9-17(16)24(19)20/h5-6,8-10,14H,4,7,12H2,1-3H3,(H,22,25)/t14-/m1/s1. The van der Waals surface area contributed by atoms with Gasteiger partial charge in [-0.2, -0.15) is 5.26 Å². The Kier molecular flexibility index (Phi) is 5.48. The van der Waals surface area contributed by atoms with E-state index in [2.05, 4.69) is 23.3 Å². The SMILES string of the molecule is CCC[C@@H](C)NC(=O)CSc1cc(C)c(C#N)c2nc3ccccc3n12. The molecule has 3 aromatic rings. The molecule has 5 nitrogen and oxygen atoms in total. The summed E-state index contributed by atoms with van der Waals surface area (Å²) in [6, 6.07) is 12.2. The molecule has 2 aromatic heterocycles. The van der Waals surface area contributed by atoms with Crippen molar-refractivity contribution in [3.05, 3.63) is 41.5 Å². The number of para-hydroxylation sites is 2. The first-order valence-electron chi connectivity index (χ1n) is 8.78. The summed E-state index contributed by atoms with van der Waals surface area (Å²) in [7, 11) is 0. The number of fused-ring (bicyclic) bond motifs is 3. The highest BCUT2D eigenvalue weighted by molar-refractivity contribution is 7.99. The molecule has 0 spiro atoms. The monoisotopic (exact) mass is 366 g/mol. The van der Waals surface area contributed by atoms with Crippen LogP contribution in [0.25, 0.3) is 16.7 Å². The minimum Gasteiger partial charge on any atom is -0.353 e. The Morgan fingerprint density at radius 3 is 2.92 bits per heavy atom. The lowest BCUT2D eigenvalue weighted by Gasteiger charge is -2.13. The Hall–Kier alpha value is -2.52. The summed E-state index contributed by atoms with van der Waals surface area (Å²) in [5.74, 6) is 0.358. The highest BCUT2D eigenvalue weighted by Crippen LogP contribution is 2.29. The van der Waals surface area contributed by atoms with Crippen LogP contribution in [0.3, 0.4) is 0 Å². The van der Waals surface area contributed by atoms with E-state index in [1.54, 1.807) is 0 Å². The van der Waals surface area contributed by atoms with Gasteiger partial charge in [0.25, 0.3) is 0 Å². The summed E-state index contributed by atoms with van der Waals surface area (Å²) in [4.78, 5) is 16.9. The molecule has 1 aromatic carbocycles. The summed E-state index contributed by atoms with van der Waals surface area (Å²) in [5, 5.41) is 13.5. The molecule has 1 amide bonds. The van der Waals surface area contributed by atoms with Crippen LogP contribution in [0.15, 0.2) is 35.4 Å². The van der Waals surface area contributed by atoms with Crippen molar-refractivity contribution in [2.45, 2.75) is 44.7 Å². The first-order chi connectivity index (χ1) is 12.5. The van der Waals surface area contributed by atoms with Crippen molar-refractivity contribution in [1.29, 1.82) is 5.26 Å². The van der Waals surface area contributed by atoms with Crippen LogP contribution in [0, 0.1) is 18.3 Å². The maximum Gasteiger partial charge on any atom is 0.230 e. The number of carbonyl (C=O) groups is 1. The molecule has 0 aliphatic carbocycles. The van der Waals surface area contributed by atoms with E-state index < -0.39 is 0 Å². The molecule has 0 radical (unpaired) electrons. The Morgan fingerprint density at radius 2 is 2.19 bits per heavy atom. The van der Waals surface area contributed by atoms with Crippen LogP contribution in [0.1, 0.15) is 37.8 Å². The molecule has 2 heterocycles. The van der Waals surface area contributed by atoms with Gasteiger partial charge < -0.3 is 5.32 Å². The van der Waals surface area contributed by atoms with Crippen LogP contribution in [-0.4, -0.2) is 27.1 Å². The van der Waals surface area contributed by atoms with Gasteiger partial charge in [-0.15, -0.1) is 0 Å². The second-order valence-corrected chi connectivity index (χ2v) is 7.45. The molecule has 3 rings (SSSR count). The molecular formula is C20H22N4OS. The van der Waals surface area contributed by atoms with Crippen molar-refractivity contribution < 1.29 is 4.79 Å². The second-order valence-electron chi connectivity index (χ2n) is 6.46.